The van der Waals surface area contributed by atoms with E-state index in [9.17, 15) is 14.4 Å². The van der Waals surface area contributed by atoms with Crippen molar-refractivity contribution < 1.29 is 19.1 Å². The van der Waals surface area contributed by atoms with Crippen LogP contribution in [0, 0.1) is 0 Å². The highest BCUT2D eigenvalue weighted by atomic mass is 35.5. The van der Waals surface area contributed by atoms with Crippen LogP contribution in [-0.4, -0.2) is 44.0 Å². The molecule has 0 saturated carbocycles. The summed E-state index contributed by atoms with van der Waals surface area (Å²) in [5, 5.41) is 5.84. The highest BCUT2D eigenvalue weighted by Crippen LogP contribution is 2.30. The fourth-order valence-corrected chi connectivity index (χ4v) is 2.92. The molecule has 1 heterocycles. The van der Waals surface area contributed by atoms with Crippen molar-refractivity contribution in [1.29, 1.82) is 0 Å². The number of benzene rings is 2. The highest BCUT2D eigenvalue weighted by Gasteiger charge is 2.37. The Bertz CT molecular complexity index is 915. The number of halogens is 1. The first kappa shape index (κ1) is 22.4. The standard InChI is InChI=1S/C21H23N3O4.ClH/c1-4-28-16-8-6-15(7-9-16)24-20(26)17-10-5-14(11-18(17)21(24)27)19(25)23-12-13(2)22-3;/h5-11,13,22H,4,12H2,1-3H3,(H,23,25);1H. The summed E-state index contributed by atoms with van der Waals surface area (Å²) in [7, 11) is 1.81. The molecule has 3 amide bonds. The maximum absolute atomic E-state index is 12.8. The Hall–Kier alpha value is -2.90. The van der Waals surface area contributed by atoms with E-state index < -0.39 is 11.8 Å². The van der Waals surface area contributed by atoms with E-state index in [0.717, 1.165) is 4.90 Å². The average molecular weight is 418 g/mol. The fraction of sp³-hybridized carbons (Fsp3) is 0.286. The zero-order valence-electron chi connectivity index (χ0n) is 16.5. The minimum atomic E-state index is -0.442. The number of rotatable bonds is 7. The Morgan fingerprint density at radius 1 is 1.07 bits per heavy atom. The van der Waals surface area contributed by atoms with Gasteiger partial charge in [-0.25, -0.2) is 4.90 Å². The van der Waals surface area contributed by atoms with E-state index in [1.54, 1.807) is 30.3 Å². The molecular formula is C21H24ClN3O4. The number of carbonyl (C=O) groups excluding carboxylic acids is 3. The molecule has 0 radical (unpaired) electrons. The predicted molar refractivity (Wildman–Crippen MR) is 113 cm³/mol. The third-order valence-corrected chi connectivity index (χ3v) is 4.62. The van der Waals surface area contributed by atoms with Gasteiger partial charge >= 0.3 is 0 Å². The number of likely N-dealkylation sites (N-methyl/N-ethyl adjacent to an activating group) is 1. The lowest BCUT2D eigenvalue weighted by atomic mass is 10.1. The normalized spacial score (nSPS) is 13.6. The first-order chi connectivity index (χ1) is 13.5. The van der Waals surface area contributed by atoms with Gasteiger partial charge in [-0.15, -0.1) is 12.4 Å². The zero-order valence-corrected chi connectivity index (χ0v) is 17.3. The minimum Gasteiger partial charge on any atom is -0.494 e. The molecule has 1 aliphatic rings. The van der Waals surface area contributed by atoms with E-state index in [2.05, 4.69) is 10.6 Å². The van der Waals surface area contributed by atoms with Crippen molar-refractivity contribution >= 4 is 35.8 Å². The van der Waals surface area contributed by atoms with Gasteiger partial charge in [-0.1, -0.05) is 0 Å². The molecule has 29 heavy (non-hydrogen) atoms. The monoisotopic (exact) mass is 417 g/mol. The lowest BCUT2D eigenvalue weighted by Crippen LogP contribution is -2.37. The molecule has 3 rings (SSSR count). The van der Waals surface area contributed by atoms with Crippen LogP contribution in [0.1, 0.15) is 44.9 Å². The summed E-state index contributed by atoms with van der Waals surface area (Å²) in [6.07, 6.45) is 0. The van der Waals surface area contributed by atoms with Gasteiger partial charge in [0, 0.05) is 18.2 Å². The topological polar surface area (TPSA) is 87.7 Å². The van der Waals surface area contributed by atoms with E-state index in [-0.39, 0.29) is 29.9 Å². The van der Waals surface area contributed by atoms with Crippen LogP contribution >= 0.6 is 12.4 Å². The fourth-order valence-electron chi connectivity index (χ4n) is 2.92. The van der Waals surface area contributed by atoms with Crippen molar-refractivity contribution in [3.8, 4) is 5.75 Å². The Morgan fingerprint density at radius 2 is 1.72 bits per heavy atom. The number of carbonyl (C=O) groups is 3. The lowest BCUT2D eigenvalue weighted by Gasteiger charge is -2.14. The maximum Gasteiger partial charge on any atom is 0.266 e. The molecule has 0 saturated heterocycles. The number of imide groups is 1. The van der Waals surface area contributed by atoms with Gasteiger partial charge in [0.05, 0.1) is 23.4 Å². The molecule has 2 N–H and O–H groups in total. The number of hydrogen-bond acceptors (Lipinski definition) is 5. The van der Waals surface area contributed by atoms with E-state index in [1.807, 2.05) is 20.9 Å². The Morgan fingerprint density at radius 3 is 2.34 bits per heavy atom. The Kier molecular flexibility index (Phi) is 7.36. The van der Waals surface area contributed by atoms with Gasteiger partial charge in [-0.3, -0.25) is 14.4 Å². The highest BCUT2D eigenvalue weighted by molar-refractivity contribution is 6.34. The van der Waals surface area contributed by atoms with Gasteiger partial charge in [0.2, 0.25) is 0 Å². The summed E-state index contributed by atoms with van der Waals surface area (Å²) in [5.74, 6) is -0.468. The SMILES string of the molecule is CCOc1ccc(N2C(=O)c3ccc(C(=O)NCC(C)NC)cc3C2=O)cc1.Cl. The first-order valence-electron chi connectivity index (χ1n) is 9.17. The molecule has 0 aliphatic carbocycles. The number of nitrogens with zero attached hydrogens (tertiary/aromatic N) is 1. The molecule has 1 aliphatic heterocycles. The van der Waals surface area contributed by atoms with Crippen molar-refractivity contribution in [2.45, 2.75) is 19.9 Å². The van der Waals surface area contributed by atoms with Crippen LogP contribution in [0.15, 0.2) is 42.5 Å². The maximum atomic E-state index is 12.8. The van der Waals surface area contributed by atoms with Crippen LogP contribution in [0.3, 0.4) is 0 Å². The van der Waals surface area contributed by atoms with Crippen molar-refractivity contribution in [3.63, 3.8) is 0 Å². The second-order valence-electron chi connectivity index (χ2n) is 6.53. The Balaban J connectivity index is 0.00000300. The van der Waals surface area contributed by atoms with Crippen LogP contribution in [0.2, 0.25) is 0 Å². The summed E-state index contributed by atoms with van der Waals surface area (Å²) < 4.78 is 5.39. The van der Waals surface area contributed by atoms with Crippen molar-refractivity contribution in [2.24, 2.45) is 0 Å². The number of hydrogen-bond donors (Lipinski definition) is 2. The molecule has 0 fully saturated rings. The van der Waals surface area contributed by atoms with E-state index in [1.165, 1.54) is 12.1 Å². The zero-order chi connectivity index (χ0) is 20.3. The van der Waals surface area contributed by atoms with Crippen molar-refractivity contribution in [1.82, 2.24) is 10.6 Å². The van der Waals surface area contributed by atoms with E-state index >= 15 is 0 Å². The van der Waals surface area contributed by atoms with Gasteiger partial charge in [-0.2, -0.15) is 0 Å². The summed E-state index contributed by atoms with van der Waals surface area (Å²) in [4.78, 5) is 39.0. The van der Waals surface area contributed by atoms with Gasteiger partial charge in [-0.05, 0) is 63.4 Å². The number of fused-ring (bicyclic) bond motifs is 1. The van der Waals surface area contributed by atoms with Crippen LogP contribution in [0.25, 0.3) is 0 Å². The van der Waals surface area contributed by atoms with Crippen LogP contribution in [-0.2, 0) is 0 Å². The van der Waals surface area contributed by atoms with E-state index in [4.69, 9.17) is 4.74 Å². The average Bonchev–Trinajstić information content (AvgIpc) is 2.96. The van der Waals surface area contributed by atoms with Crippen LogP contribution in [0.5, 0.6) is 5.75 Å². The largest absolute Gasteiger partial charge is 0.494 e. The van der Waals surface area contributed by atoms with Gasteiger partial charge in [0.15, 0.2) is 0 Å². The van der Waals surface area contributed by atoms with Crippen molar-refractivity contribution in [2.75, 3.05) is 25.1 Å². The van der Waals surface area contributed by atoms with Gasteiger partial charge in [0.1, 0.15) is 5.75 Å². The molecule has 0 spiro atoms. The molecule has 1 atom stereocenters. The van der Waals surface area contributed by atoms with Crippen LogP contribution < -0.4 is 20.3 Å². The summed E-state index contributed by atoms with van der Waals surface area (Å²) in [6.45, 7) is 4.81. The number of anilines is 1. The third-order valence-electron chi connectivity index (χ3n) is 4.62. The van der Waals surface area contributed by atoms with Crippen molar-refractivity contribution in [3.05, 3.63) is 59.2 Å². The molecular weight excluding hydrogens is 394 g/mol. The number of nitrogens with one attached hydrogen (secondary N) is 2. The quantitative estimate of drug-likeness (QED) is 0.676. The third kappa shape index (κ3) is 4.58. The minimum absolute atomic E-state index is 0. The molecule has 2 aromatic carbocycles. The van der Waals surface area contributed by atoms with Gasteiger partial charge in [0.25, 0.3) is 17.7 Å². The number of amides is 3. The smallest absolute Gasteiger partial charge is 0.266 e. The van der Waals surface area contributed by atoms with Crippen LogP contribution in [0.4, 0.5) is 5.69 Å². The molecule has 1 unspecified atom stereocenters. The molecule has 7 nitrogen and oxygen atoms in total. The molecule has 2 aromatic rings. The molecule has 0 aromatic heterocycles. The molecule has 8 heteroatoms. The van der Waals surface area contributed by atoms with Gasteiger partial charge < -0.3 is 15.4 Å². The summed E-state index contributed by atoms with van der Waals surface area (Å²) >= 11 is 0. The Labute approximate surface area is 175 Å². The second kappa shape index (κ2) is 9.54. The summed E-state index contributed by atoms with van der Waals surface area (Å²) in [6, 6.07) is 11.4. The predicted octanol–water partition coefficient (Wildman–Crippen LogP) is 2.65. The lowest BCUT2D eigenvalue weighted by molar-refractivity contribution is 0.0923. The summed E-state index contributed by atoms with van der Waals surface area (Å²) in [5.41, 5.74) is 1.33. The molecule has 154 valence electrons. The van der Waals surface area contributed by atoms with E-state index in [0.29, 0.717) is 35.7 Å². The first-order valence-corrected chi connectivity index (χ1v) is 9.17. The number of ether oxygens (including phenoxy) is 1. The molecule has 0 bridgehead atoms. The second-order valence-corrected chi connectivity index (χ2v) is 6.53.